The molecule has 1 aromatic rings. The lowest BCUT2D eigenvalue weighted by Gasteiger charge is -1.94. The number of amides is 1. The van der Waals surface area contributed by atoms with Crippen LogP contribution in [0.5, 0.6) is 0 Å². The van der Waals surface area contributed by atoms with Gasteiger partial charge in [-0.15, -0.1) is 0 Å². The number of carbonyl (C=O) groups is 3. The van der Waals surface area contributed by atoms with Crippen molar-refractivity contribution in [2.75, 3.05) is 0 Å². The van der Waals surface area contributed by atoms with Crippen LogP contribution in [0.2, 0.25) is 0 Å². The average Bonchev–Trinajstić information content (AvgIpc) is 2.29. The molecule has 0 radical (unpaired) electrons. The fraction of sp³-hybridized carbons (Fsp3) is 0.200. The van der Waals surface area contributed by atoms with Gasteiger partial charge in [-0.2, -0.15) is 0 Å². The van der Waals surface area contributed by atoms with Gasteiger partial charge in [-0.1, -0.05) is 0 Å². The zero-order valence-corrected chi connectivity index (χ0v) is 9.03. The number of hydrogen-bond acceptors (Lipinski definition) is 4. The number of carboxylic acids is 2. The Morgan fingerprint density at radius 3 is 2.00 bits per heavy atom. The summed E-state index contributed by atoms with van der Waals surface area (Å²) in [5.74, 6) is -4.35. The molecule has 1 aromatic heterocycles. The third-order valence-electron chi connectivity index (χ3n) is 1.69. The monoisotopic (exact) mass is 240 g/mol. The van der Waals surface area contributed by atoms with Gasteiger partial charge in [-0.3, -0.25) is 19.4 Å². The highest BCUT2D eigenvalue weighted by Crippen LogP contribution is 1.92. The average molecular weight is 240 g/mol. The fourth-order valence-electron chi connectivity index (χ4n) is 0.614. The van der Waals surface area contributed by atoms with E-state index < -0.39 is 23.8 Å². The number of carbonyl (C=O) groups excluding carboxylic acids is 1. The van der Waals surface area contributed by atoms with Crippen LogP contribution >= 0.6 is 0 Å². The lowest BCUT2D eigenvalue weighted by atomic mass is 10.2. The third kappa shape index (κ3) is 5.88. The molecule has 0 spiro atoms. The highest BCUT2D eigenvalue weighted by atomic mass is 16.4. The van der Waals surface area contributed by atoms with Gasteiger partial charge in [0.1, 0.15) is 0 Å². The molecule has 7 nitrogen and oxygen atoms in total. The molecule has 1 amide bonds. The van der Waals surface area contributed by atoms with E-state index >= 15 is 0 Å². The summed E-state index contributed by atoms with van der Waals surface area (Å²) >= 11 is 0. The fourth-order valence-corrected chi connectivity index (χ4v) is 0.614. The third-order valence-corrected chi connectivity index (χ3v) is 1.69. The van der Waals surface area contributed by atoms with E-state index in [-0.39, 0.29) is 0 Å². The summed E-state index contributed by atoms with van der Waals surface area (Å²) in [4.78, 5) is 33.6. The predicted molar refractivity (Wildman–Crippen MR) is 57.2 cm³/mol. The Bertz CT molecular complexity index is 390. The van der Waals surface area contributed by atoms with Gasteiger partial charge in [0.15, 0.2) is 5.92 Å². The first-order valence-corrected chi connectivity index (χ1v) is 4.51. The minimum absolute atomic E-state index is 0.442. The molecule has 4 N–H and O–H groups in total. The maximum absolute atomic E-state index is 10.4. The van der Waals surface area contributed by atoms with Gasteiger partial charge in [0, 0.05) is 12.4 Å². The van der Waals surface area contributed by atoms with E-state index in [1.807, 2.05) is 0 Å². The van der Waals surface area contributed by atoms with Crippen LogP contribution in [0.4, 0.5) is 0 Å². The van der Waals surface area contributed by atoms with E-state index in [2.05, 4.69) is 4.98 Å². The van der Waals surface area contributed by atoms with Gasteiger partial charge in [-0.25, -0.2) is 0 Å². The molecule has 0 unspecified atom stereocenters. The van der Waals surface area contributed by atoms with E-state index in [0.29, 0.717) is 5.56 Å². The highest BCUT2D eigenvalue weighted by molar-refractivity contribution is 5.92. The van der Waals surface area contributed by atoms with Gasteiger partial charge >= 0.3 is 11.9 Å². The smallest absolute Gasteiger partial charge is 0.317 e. The van der Waals surface area contributed by atoms with Gasteiger partial charge in [0.25, 0.3) is 0 Å². The maximum Gasteiger partial charge on any atom is 0.317 e. The Morgan fingerprint density at radius 1 is 1.29 bits per heavy atom. The van der Waals surface area contributed by atoms with Crippen LogP contribution in [0.25, 0.3) is 0 Å². The quantitative estimate of drug-likeness (QED) is 0.636. The van der Waals surface area contributed by atoms with Crippen molar-refractivity contribution in [2.24, 2.45) is 11.7 Å². The molecular weight excluding hydrogens is 228 g/mol. The summed E-state index contributed by atoms with van der Waals surface area (Å²) < 4.78 is 0. The summed E-state index contributed by atoms with van der Waals surface area (Å²) in [7, 11) is 0. The van der Waals surface area contributed by atoms with E-state index in [0.717, 1.165) is 6.92 Å². The molecule has 0 atom stereocenters. The van der Waals surface area contributed by atoms with Crippen LogP contribution in [-0.2, 0) is 9.59 Å². The summed E-state index contributed by atoms with van der Waals surface area (Å²) in [5, 5.41) is 15.9. The van der Waals surface area contributed by atoms with Crippen molar-refractivity contribution in [3.05, 3.63) is 30.1 Å². The Hall–Kier alpha value is -2.44. The summed E-state index contributed by atoms with van der Waals surface area (Å²) in [5.41, 5.74) is 5.38. The first-order valence-electron chi connectivity index (χ1n) is 4.51. The highest BCUT2D eigenvalue weighted by Gasteiger charge is 2.18. The van der Waals surface area contributed by atoms with Gasteiger partial charge < -0.3 is 15.9 Å². The second-order valence-electron chi connectivity index (χ2n) is 3.00. The van der Waals surface area contributed by atoms with Crippen LogP contribution in [0.1, 0.15) is 17.3 Å². The molecule has 0 fully saturated rings. The van der Waals surface area contributed by atoms with E-state index in [1.54, 1.807) is 18.3 Å². The minimum Gasteiger partial charge on any atom is -0.481 e. The van der Waals surface area contributed by atoms with Crippen LogP contribution < -0.4 is 5.73 Å². The summed E-state index contributed by atoms with van der Waals surface area (Å²) in [6.45, 7) is 1.12. The molecule has 0 aliphatic heterocycles. The standard InChI is InChI=1S/C6H6N2O.C4H6O4/c7-6(9)5-2-1-3-8-4-5;1-2(3(5)6)4(7)8/h1-4H,(H2,7,9);2H,1H3,(H,5,6)(H,7,8). The number of rotatable bonds is 3. The van der Waals surface area contributed by atoms with Gasteiger partial charge in [0.05, 0.1) is 5.56 Å². The van der Waals surface area contributed by atoms with Crippen molar-refractivity contribution in [3.63, 3.8) is 0 Å². The second-order valence-corrected chi connectivity index (χ2v) is 3.00. The van der Waals surface area contributed by atoms with Crippen molar-refractivity contribution in [1.82, 2.24) is 4.98 Å². The molecule has 17 heavy (non-hydrogen) atoms. The van der Waals surface area contributed by atoms with Gasteiger partial charge in [-0.05, 0) is 19.1 Å². The van der Waals surface area contributed by atoms with Crippen molar-refractivity contribution in [1.29, 1.82) is 0 Å². The zero-order valence-electron chi connectivity index (χ0n) is 9.03. The molecule has 7 heteroatoms. The molecule has 0 saturated heterocycles. The number of primary amides is 1. The van der Waals surface area contributed by atoms with E-state index in [1.165, 1.54) is 6.20 Å². The lowest BCUT2D eigenvalue weighted by molar-refractivity contribution is -0.153. The van der Waals surface area contributed by atoms with Crippen molar-refractivity contribution < 1.29 is 24.6 Å². The number of nitrogens with two attached hydrogens (primary N) is 1. The van der Waals surface area contributed by atoms with Crippen molar-refractivity contribution in [3.8, 4) is 0 Å². The molecule has 0 aliphatic rings. The summed E-state index contributed by atoms with van der Waals surface area (Å²) in [6.07, 6.45) is 3.02. The lowest BCUT2D eigenvalue weighted by Crippen LogP contribution is -2.19. The number of carboxylic acid groups (broad SMARTS) is 2. The molecule has 1 heterocycles. The molecule has 1 rings (SSSR count). The predicted octanol–water partition coefficient (Wildman–Crippen LogP) is -0.0278. The second kappa shape index (κ2) is 6.94. The number of pyridine rings is 1. The maximum atomic E-state index is 10.4. The van der Waals surface area contributed by atoms with E-state index in [4.69, 9.17) is 15.9 Å². The SMILES string of the molecule is CC(C(=O)O)C(=O)O.NC(=O)c1cccnc1. The molecular formula is C10H12N2O5. The Balaban J connectivity index is 0.000000304. The first kappa shape index (κ1) is 14.6. The Morgan fingerprint density at radius 2 is 1.82 bits per heavy atom. The number of aromatic nitrogens is 1. The first-order chi connectivity index (χ1) is 7.86. The Kier molecular flexibility index (Phi) is 5.94. The van der Waals surface area contributed by atoms with E-state index in [9.17, 15) is 14.4 Å². The molecule has 0 aliphatic carbocycles. The minimum atomic E-state index is -1.31. The molecule has 0 aromatic carbocycles. The topological polar surface area (TPSA) is 131 Å². The number of nitrogens with zero attached hydrogens (tertiary/aromatic N) is 1. The van der Waals surface area contributed by atoms with Crippen molar-refractivity contribution in [2.45, 2.75) is 6.92 Å². The summed E-state index contributed by atoms with van der Waals surface area (Å²) in [6, 6.07) is 3.29. The van der Waals surface area contributed by atoms with Crippen LogP contribution in [0.15, 0.2) is 24.5 Å². The van der Waals surface area contributed by atoms with Crippen LogP contribution in [0, 0.1) is 5.92 Å². The molecule has 0 bridgehead atoms. The molecule has 0 saturated carbocycles. The normalized spacial score (nSPS) is 9.06. The van der Waals surface area contributed by atoms with Gasteiger partial charge in [0.2, 0.25) is 5.91 Å². The van der Waals surface area contributed by atoms with Crippen molar-refractivity contribution >= 4 is 17.8 Å². The number of hydrogen-bond donors (Lipinski definition) is 3. The molecule has 92 valence electrons. The largest absolute Gasteiger partial charge is 0.481 e. The zero-order chi connectivity index (χ0) is 13.4. The Labute approximate surface area is 96.9 Å². The van der Waals surface area contributed by atoms with Crippen LogP contribution in [0.3, 0.4) is 0 Å². The van der Waals surface area contributed by atoms with Crippen LogP contribution in [-0.4, -0.2) is 33.0 Å². The number of aliphatic carboxylic acids is 2.